The minimum atomic E-state index is -0.0655. The van der Waals surface area contributed by atoms with E-state index in [9.17, 15) is 4.79 Å². The molecule has 2 aromatic heterocycles. The number of carbonyl (C=O) groups is 1. The number of hydrogen-bond donors (Lipinski definition) is 0. The normalized spacial score (nSPS) is 11.0. The minimum absolute atomic E-state index is 0.0655. The van der Waals surface area contributed by atoms with Gasteiger partial charge in [-0.15, -0.1) is 11.3 Å². The van der Waals surface area contributed by atoms with Gasteiger partial charge in [0.05, 0.1) is 31.1 Å². The second kappa shape index (κ2) is 8.65. The Morgan fingerprint density at radius 2 is 2.00 bits per heavy atom. The lowest BCUT2D eigenvalue weighted by Crippen LogP contribution is -2.27. The van der Waals surface area contributed by atoms with Gasteiger partial charge in [-0.1, -0.05) is 6.92 Å². The number of aryl methyl sites for hydroxylation is 2. The molecule has 0 aliphatic carbocycles. The predicted molar refractivity (Wildman–Crippen MR) is 112 cm³/mol. The first-order chi connectivity index (χ1) is 13.4. The minimum Gasteiger partial charge on any atom is -0.490 e. The van der Waals surface area contributed by atoms with Gasteiger partial charge in [-0.05, 0) is 45.4 Å². The maximum absolute atomic E-state index is 13.0. The summed E-state index contributed by atoms with van der Waals surface area (Å²) in [6, 6.07) is 5.37. The molecule has 0 spiro atoms. The van der Waals surface area contributed by atoms with E-state index in [2.05, 4.69) is 29.4 Å². The van der Waals surface area contributed by atoms with Crippen LogP contribution >= 0.6 is 11.3 Å². The topological polar surface area (TPSA) is 56.1 Å². The number of imidazole rings is 1. The molecule has 0 fully saturated rings. The number of fused-ring (bicyclic) bond motifs is 1. The number of nitrogens with zero attached hydrogens (tertiary/aromatic N) is 3. The molecule has 1 aromatic carbocycles. The number of thiazole rings is 1. The third-order valence-corrected chi connectivity index (χ3v) is 5.32. The van der Waals surface area contributed by atoms with E-state index in [1.807, 2.05) is 27.0 Å². The van der Waals surface area contributed by atoms with Gasteiger partial charge in [-0.25, -0.2) is 4.98 Å². The highest BCUT2D eigenvalue weighted by Gasteiger charge is 2.19. The molecule has 7 heteroatoms. The Labute approximate surface area is 169 Å². The number of benzene rings is 1. The average molecular weight is 402 g/mol. The first kappa shape index (κ1) is 20.2. The molecule has 0 bridgehead atoms. The van der Waals surface area contributed by atoms with Gasteiger partial charge in [-0.2, -0.15) is 0 Å². The number of aromatic nitrogens is 2. The van der Waals surface area contributed by atoms with Crippen molar-refractivity contribution in [2.24, 2.45) is 0 Å². The van der Waals surface area contributed by atoms with Crippen molar-refractivity contribution in [1.29, 1.82) is 0 Å². The molecule has 0 aliphatic rings. The number of carbonyl (C=O) groups excluding carboxylic acids is 1. The summed E-state index contributed by atoms with van der Waals surface area (Å²) in [6.45, 7) is 9.63. The summed E-state index contributed by atoms with van der Waals surface area (Å²) in [5.74, 6) is 1.21. The Balaban J connectivity index is 1.82. The van der Waals surface area contributed by atoms with Gasteiger partial charge in [0.2, 0.25) is 0 Å². The van der Waals surface area contributed by atoms with Crippen molar-refractivity contribution in [2.75, 3.05) is 20.3 Å². The lowest BCUT2D eigenvalue weighted by atomic mass is 10.1. The average Bonchev–Trinajstić information content (AvgIpc) is 3.16. The van der Waals surface area contributed by atoms with Crippen LogP contribution in [0.1, 0.15) is 46.9 Å². The van der Waals surface area contributed by atoms with Crippen LogP contribution in [-0.2, 0) is 6.54 Å². The SMILES string of the molecule is CCCOc1ccc(C(=O)N(C)Cc2c(C)nc3sc(C)cn23)cc1OCC. The Kier molecular flexibility index (Phi) is 6.24. The molecule has 0 radical (unpaired) electrons. The van der Waals surface area contributed by atoms with Crippen LogP contribution in [0.4, 0.5) is 0 Å². The highest BCUT2D eigenvalue weighted by atomic mass is 32.1. The highest BCUT2D eigenvalue weighted by molar-refractivity contribution is 7.17. The summed E-state index contributed by atoms with van der Waals surface area (Å²) >= 11 is 1.65. The van der Waals surface area contributed by atoms with Crippen LogP contribution in [0, 0.1) is 13.8 Å². The summed E-state index contributed by atoms with van der Waals surface area (Å²) in [5.41, 5.74) is 2.56. The van der Waals surface area contributed by atoms with Crippen LogP contribution in [-0.4, -0.2) is 40.5 Å². The molecular weight excluding hydrogens is 374 g/mol. The maximum atomic E-state index is 13.0. The van der Waals surface area contributed by atoms with Gasteiger partial charge in [0, 0.05) is 23.7 Å². The second-order valence-electron chi connectivity index (χ2n) is 6.74. The summed E-state index contributed by atoms with van der Waals surface area (Å²) in [7, 11) is 1.81. The van der Waals surface area contributed by atoms with E-state index in [1.165, 1.54) is 4.88 Å². The molecule has 3 rings (SSSR count). The summed E-state index contributed by atoms with van der Waals surface area (Å²) < 4.78 is 13.5. The Morgan fingerprint density at radius 3 is 2.71 bits per heavy atom. The fraction of sp³-hybridized carbons (Fsp3) is 0.429. The highest BCUT2D eigenvalue weighted by Crippen LogP contribution is 2.29. The van der Waals surface area contributed by atoms with Crippen molar-refractivity contribution in [3.05, 3.63) is 46.2 Å². The number of ether oxygens (including phenoxy) is 2. The van der Waals surface area contributed by atoms with Gasteiger partial charge in [0.15, 0.2) is 16.5 Å². The summed E-state index contributed by atoms with van der Waals surface area (Å²) in [4.78, 5) is 21.5. The molecule has 0 atom stereocenters. The van der Waals surface area contributed by atoms with Gasteiger partial charge >= 0.3 is 0 Å². The summed E-state index contributed by atoms with van der Waals surface area (Å²) in [6.07, 6.45) is 2.98. The van der Waals surface area contributed by atoms with Gasteiger partial charge in [-0.3, -0.25) is 9.20 Å². The van der Waals surface area contributed by atoms with Gasteiger partial charge in [0.25, 0.3) is 5.91 Å². The molecule has 0 N–H and O–H groups in total. The van der Waals surface area contributed by atoms with Gasteiger partial charge < -0.3 is 14.4 Å². The molecule has 1 amide bonds. The largest absolute Gasteiger partial charge is 0.490 e. The van der Waals surface area contributed by atoms with E-state index in [1.54, 1.807) is 28.4 Å². The van der Waals surface area contributed by atoms with E-state index in [4.69, 9.17) is 9.47 Å². The van der Waals surface area contributed by atoms with Crippen molar-refractivity contribution in [2.45, 2.75) is 40.7 Å². The molecule has 28 heavy (non-hydrogen) atoms. The van der Waals surface area contributed by atoms with E-state index in [0.717, 1.165) is 22.8 Å². The fourth-order valence-corrected chi connectivity index (χ4v) is 3.95. The molecular formula is C21H27N3O3S. The molecule has 0 aliphatic heterocycles. The maximum Gasteiger partial charge on any atom is 0.254 e. The number of rotatable bonds is 8. The van der Waals surface area contributed by atoms with Crippen LogP contribution in [0.3, 0.4) is 0 Å². The zero-order chi connectivity index (χ0) is 20.3. The van der Waals surface area contributed by atoms with Crippen molar-refractivity contribution >= 4 is 22.2 Å². The van der Waals surface area contributed by atoms with Crippen molar-refractivity contribution in [1.82, 2.24) is 14.3 Å². The molecule has 2 heterocycles. The molecule has 6 nitrogen and oxygen atoms in total. The van der Waals surface area contributed by atoms with Crippen molar-refractivity contribution in [3.63, 3.8) is 0 Å². The van der Waals surface area contributed by atoms with Crippen LogP contribution in [0.15, 0.2) is 24.4 Å². The lowest BCUT2D eigenvalue weighted by Gasteiger charge is -2.19. The fourth-order valence-electron chi connectivity index (χ4n) is 3.06. The van der Waals surface area contributed by atoms with Gasteiger partial charge in [0.1, 0.15) is 0 Å². The van der Waals surface area contributed by atoms with Crippen LogP contribution in [0.5, 0.6) is 11.5 Å². The molecule has 3 aromatic rings. The zero-order valence-corrected chi connectivity index (χ0v) is 17.9. The third-order valence-electron chi connectivity index (χ3n) is 4.43. The first-order valence-electron chi connectivity index (χ1n) is 9.53. The second-order valence-corrected chi connectivity index (χ2v) is 7.96. The number of amides is 1. The quantitative estimate of drug-likeness (QED) is 0.559. The van der Waals surface area contributed by atoms with Crippen molar-refractivity contribution in [3.8, 4) is 11.5 Å². The molecule has 0 saturated carbocycles. The first-order valence-corrected chi connectivity index (χ1v) is 10.3. The third kappa shape index (κ3) is 4.14. The van der Waals surface area contributed by atoms with E-state index >= 15 is 0 Å². The molecule has 150 valence electrons. The Hall–Kier alpha value is -2.54. The zero-order valence-electron chi connectivity index (χ0n) is 17.1. The van der Waals surface area contributed by atoms with Crippen LogP contribution in [0.2, 0.25) is 0 Å². The Bertz CT molecular complexity index is 977. The monoisotopic (exact) mass is 401 g/mol. The molecule has 0 saturated heterocycles. The van der Waals surface area contributed by atoms with Crippen molar-refractivity contribution < 1.29 is 14.3 Å². The summed E-state index contributed by atoms with van der Waals surface area (Å²) in [5, 5.41) is 0. The van der Waals surface area contributed by atoms with E-state index < -0.39 is 0 Å². The standard InChI is InChI=1S/C21H27N3O3S/c1-6-10-27-18-9-8-16(11-19(18)26-7-2)20(25)23(5)13-17-15(4)22-21-24(17)12-14(3)28-21/h8-9,11-12H,6-7,10,13H2,1-5H3. The van der Waals surface area contributed by atoms with Crippen LogP contribution < -0.4 is 9.47 Å². The number of hydrogen-bond acceptors (Lipinski definition) is 5. The lowest BCUT2D eigenvalue weighted by molar-refractivity contribution is 0.0782. The Morgan fingerprint density at radius 1 is 1.21 bits per heavy atom. The van der Waals surface area contributed by atoms with Crippen LogP contribution in [0.25, 0.3) is 4.96 Å². The van der Waals surface area contributed by atoms with E-state index in [-0.39, 0.29) is 5.91 Å². The predicted octanol–water partition coefficient (Wildman–Crippen LogP) is 4.47. The smallest absolute Gasteiger partial charge is 0.254 e. The van der Waals surface area contributed by atoms with E-state index in [0.29, 0.717) is 36.8 Å². The molecule has 0 unspecified atom stereocenters.